The molecule has 18 heavy (non-hydrogen) atoms. The molecule has 1 aliphatic heterocycles. The molecule has 6 heteroatoms. The Kier molecular flexibility index (Phi) is 4.46. The Balaban J connectivity index is 2.02. The summed E-state index contributed by atoms with van der Waals surface area (Å²) in [5.74, 6) is 0.678. The van der Waals surface area contributed by atoms with E-state index in [1.165, 1.54) is 0 Å². The van der Waals surface area contributed by atoms with Gasteiger partial charge in [0.25, 0.3) is 0 Å². The monoisotopic (exact) mass is 252 g/mol. The Hall–Kier alpha value is -1.24. The summed E-state index contributed by atoms with van der Waals surface area (Å²) in [7, 11) is 0. The average Bonchev–Trinajstić information content (AvgIpc) is 2.41. The molecule has 0 radical (unpaired) electrons. The Labute approximate surface area is 107 Å². The quantitative estimate of drug-likeness (QED) is 0.750. The van der Waals surface area contributed by atoms with Gasteiger partial charge in [-0.1, -0.05) is 0 Å². The van der Waals surface area contributed by atoms with E-state index in [0.717, 1.165) is 19.6 Å². The van der Waals surface area contributed by atoms with E-state index >= 15 is 0 Å². The molecule has 0 bridgehead atoms. The Morgan fingerprint density at radius 2 is 2.22 bits per heavy atom. The zero-order valence-corrected chi connectivity index (χ0v) is 10.7. The summed E-state index contributed by atoms with van der Waals surface area (Å²) in [6, 6.07) is 2.09. The van der Waals surface area contributed by atoms with Gasteiger partial charge in [-0.05, 0) is 13.0 Å². The molecule has 1 unspecified atom stereocenters. The summed E-state index contributed by atoms with van der Waals surface area (Å²) in [5.41, 5.74) is 0.644. The number of aromatic nitrogens is 2. The maximum Gasteiger partial charge on any atom is 0.225 e. The van der Waals surface area contributed by atoms with Gasteiger partial charge in [0.1, 0.15) is 0 Å². The van der Waals surface area contributed by atoms with Crippen LogP contribution in [0.25, 0.3) is 0 Å². The lowest BCUT2D eigenvalue weighted by atomic mass is 10.2. The van der Waals surface area contributed by atoms with Crippen LogP contribution in [0.4, 0.5) is 5.95 Å². The first-order chi connectivity index (χ1) is 8.74. The minimum absolute atomic E-state index is 0.0600. The van der Waals surface area contributed by atoms with Crippen molar-refractivity contribution in [2.45, 2.75) is 19.6 Å². The summed E-state index contributed by atoms with van der Waals surface area (Å²) in [4.78, 5) is 12.9. The number of β-amino-alcohol motifs (C(OH)–C–C–N with tert-alkyl or cyclic N) is 1. The summed E-state index contributed by atoms with van der Waals surface area (Å²) in [6.45, 7) is 5.57. The molecule has 0 amide bonds. The van der Waals surface area contributed by atoms with Crippen LogP contribution in [-0.4, -0.2) is 63.9 Å². The van der Waals surface area contributed by atoms with Crippen molar-refractivity contribution in [3.63, 3.8) is 0 Å². The van der Waals surface area contributed by atoms with Gasteiger partial charge >= 0.3 is 0 Å². The predicted molar refractivity (Wildman–Crippen MR) is 68.3 cm³/mol. The third-order valence-electron chi connectivity index (χ3n) is 3.30. The Morgan fingerprint density at radius 1 is 1.39 bits per heavy atom. The number of nitrogens with zero attached hydrogens (tertiary/aromatic N) is 4. The van der Waals surface area contributed by atoms with Crippen LogP contribution >= 0.6 is 0 Å². The number of aliphatic hydroxyl groups is 2. The van der Waals surface area contributed by atoms with Crippen LogP contribution in [-0.2, 0) is 6.61 Å². The lowest BCUT2D eigenvalue weighted by molar-refractivity contribution is 0.146. The molecular formula is C12H20N4O2. The number of rotatable bonds is 4. The fourth-order valence-corrected chi connectivity index (χ4v) is 2.26. The third-order valence-corrected chi connectivity index (χ3v) is 3.30. The predicted octanol–water partition coefficient (Wildman–Crippen LogP) is -0.528. The van der Waals surface area contributed by atoms with Gasteiger partial charge in [-0.2, -0.15) is 0 Å². The largest absolute Gasteiger partial charge is 0.395 e. The van der Waals surface area contributed by atoms with E-state index in [4.69, 9.17) is 10.2 Å². The van der Waals surface area contributed by atoms with Crippen molar-refractivity contribution >= 4 is 5.95 Å². The summed E-state index contributed by atoms with van der Waals surface area (Å²) in [6.07, 6.45) is 1.68. The first-order valence-corrected chi connectivity index (χ1v) is 6.27. The Bertz CT molecular complexity index is 388. The van der Waals surface area contributed by atoms with E-state index in [9.17, 15) is 0 Å². The normalized spacial score (nSPS) is 21.3. The number of hydrogen-bond acceptors (Lipinski definition) is 6. The van der Waals surface area contributed by atoms with Crippen molar-refractivity contribution in [2.24, 2.45) is 0 Å². The van der Waals surface area contributed by atoms with Crippen molar-refractivity contribution in [1.82, 2.24) is 14.9 Å². The average molecular weight is 252 g/mol. The van der Waals surface area contributed by atoms with Gasteiger partial charge in [-0.15, -0.1) is 0 Å². The van der Waals surface area contributed by atoms with Gasteiger partial charge in [0.05, 0.1) is 18.9 Å². The van der Waals surface area contributed by atoms with Crippen molar-refractivity contribution in [3.05, 3.63) is 18.0 Å². The third kappa shape index (κ3) is 2.95. The molecular weight excluding hydrogens is 232 g/mol. The summed E-state index contributed by atoms with van der Waals surface area (Å²) >= 11 is 0. The molecule has 1 fully saturated rings. The topological polar surface area (TPSA) is 72.7 Å². The molecule has 100 valence electrons. The minimum Gasteiger partial charge on any atom is -0.395 e. The molecule has 1 saturated heterocycles. The smallest absolute Gasteiger partial charge is 0.225 e. The second-order valence-electron chi connectivity index (χ2n) is 4.56. The molecule has 0 spiro atoms. The van der Waals surface area contributed by atoms with Crippen molar-refractivity contribution in [1.29, 1.82) is 0 Å². The van der Waals surface area contributed by atoms with Crippen LogP contribution in [0.3, 0.4) is 0 Å². The van der Waals surface area contributed by atoms with E-state index in [-0.39, 0.29) is 13.2 Å². The van der Waals surface area contributed by atoms with Gasteiger partial charge in [0, 0.05) is 38.4 Å². The summed E-state index contributed by atoms with van der Waals surface area (Å²) < 4.78 is 0. The Morgan fingerprint density at radius 3 is 2.89 bits per heavy atom. The van der Waals surface area contributed by atoms with Gasteiger partial charge in [-0.3, -0.25) is 4.90 Å². The van der Waals surface area contributed by atoms with E-state index in [2.05, 4.69) is 26.7 Å². The fourth-order valence-electron chi connectivity index (χ4n) is 2.26. The van der Waals surface area contributed by atoms with Crippen molar-refractivity contribution in [2.75, 3.05) is 37.7 Å². The lowest BCUT2D eigenvalue weighted by Gasteiger charge is -2.39. The zero-order chi connectivity index (χ0) is 13.0. The molecule has 0 aliphatic carbocycles. The fraction of sp³-hybridized carbons (Fsp3) is 0.667. The molecule has 0 saturated carbocycles. The molecule has 2 rings (SSSR count). The van der Waals surface area contributed by atoms with Gasteiger partial charge in [-0.25, -0.2) is 9.97 Å². The molecule has 1 atom stereocenters. The zero-order valence-electron chi connectivity index (χ0n) is 10.7. The minimum atomic E-state index is -0.0600. The van der Waals surface area contributed by atoms with Crippen molar-refractivity contribution < 1.29 is 10.2 Å². The van der Waals surface area contributed by atoms with Crippen LogP contribution in [0.15, 0.2) is 12.3 Å². The highest BCUT2D eigenvalue weighted by molar-refractivity contribution is 5.31. The highest BCUT2D eigenvalue weighted by Gasteiger charge is 2.24. The molecule has 1 aromatic heterocycles. The highest BCUT2D eigenvalue weighted by Crippen LogP contribution is 2.15. The maximum absolute atomic E-state index is 9.08. The van der Waals surface area contributed by atoms with Crippen LogP contribution in [0.1, 0.15) is 12.6 Å². The van der Waals surface area contributed by atoms with Gasteiger partial charge in [0.15, 0.2) is 0 Å². The van der Waals surface area contributed by atoms with Crippen LogP contribution in [0.2, 0.25) is 0 Å². The number of piperazine rings is 1. The van der Waals surface area contributed by atoms with E-state index in [1.807, 2.05) is 0 Å². The lowest BCUT2D eigenvalue weighted by Crippen LogP contribution is -2.53. The first kappa shape index (κ1) is 13.2. The van der Waals surface area contributed by atoms with E-state index in [0.29, 0.717) is 24.2 Å². The summed E-state index contributed by atoms with van der Waals surface area (Å²) in [5, 5.41) is 18.1. The number of aliphatic hydroxyl groups excluding tert-OH is 2. The first-order valence-electron chi connectivity index (χ1n) is 6.27. The van der Waals surface area contributed by atoms with Crippen LogP contribution < -0.4 is 4.90 Å². The standard InChI is InChI=1S/C12H20N4O2/c1-10-8-16(5-4-15(10)6-7-17)12-13-3-2-11(9-18)14-12/h2-3,10,17-18H,4-9H2,1H3. The van der Waals surface area contributed by atoms with E-state index in [1.54, 1.807) is 12.3 Å². The maximum atomic E-state index is 9.08. The molecule has 1 aromatic rings. The molecule has 2 heterocycles. The second-order valence-corrected chi connectivity index (χ2v) is 4.56. The van der Waals surface area contributed by atoms with E-state index < -0.39 is 0 Å². The highest BCUT2D eigenvalue weighted by atomic mass is 16.3. The molecule has 6 nitrogen and oxygen atoms in total. The molecule has 0 aromatic carbocycles. The van der Waals surface area contributed by atoms with Crippen molar-refractivity contribution in [3.8, 4) is 0 Å². The number of anilines is 1. The van der Waals surface area contributed by atoms with Crippen LogP contribution in [0.5, 0.6) is 0 Å². The SMILES string of the molecule is CC1CN(c2nccc(CO)n2)CCN1CCO. The number of hydrogen-bond donors (Lipinski definition) is 2. The second kappa shape index (κ2) is 6.08. The molecule has 2 N–H and O–H groups in total. The van der Waals surface area contributed by atoms with Gasteiger partial charge < -0.3 is 15.1 Å². The van der Waals surface area contributed by atoms with Crippen LogP contribution in [0, 0.1) is 0 Å². The van der Waals surface area contributed by atoms with Gasteiger partial charge in [0.2, 0.25) is 5.95 Å². The molecule has 1 aliphatic rings.